The van der Waals surface area contributed by atoms with Crippen molar-refractivity contribution in [1.82, 2.24) is 0 Å². The molecule has 0 aromatic heterocycles. The van der Waals surface area contributed by atoms with Crippen LogP contribution in [0.3, 0.4) is 0 Å². The van der Waals surface area contributed by atoms with Gasteiger partial charge in [0.2, 0.25) is 0 Å². The first-order valence-electron chi connectivity index (χ1n) is 7.10. The molecule has 0 saturated carbocycles. The largest absolute Gasteiger partial charge is 0.322 e. The zero-order valence-electron chi connectivity index (χ0n) is 12.2. The van der Waals surface area contributed by atoms with Crippen molar-refractivity contribution in [2.24, 2.45) is 0 Å². The molecule has 0 heterocycles. The van der Waals surface area contributed by atoms with Crippen LogP contribution in [0.15, 0.2) is 93.1 Å². The minimum atomic E-state index is -0.0982. The van der Waals surface area contributed by atoms with Crippen molar-refractivity contribution in [2.75, 3.05) is 5.32 Å². The van der Waals surface area contributed by atoms with E-state index in [4.69, 9.17) is 0 Å². The fourth-order valence-electron chi connectivity index (χ4n) is 2.04. The Morgan fingerprint density at radius 3 is 1.96 bits per heavy atom. The van der Waals surface area contributed by atoms with Gasteiger partial charge in [0.15, 0.2) is 0 Å². The molecule has 3 aromatic rings. The Morgan fingerprint density at radius 2 is 1.35 bits per heavy atom. The van der Waals surface area contributed by atoms with E-state index >= 15 is 0 Å². The van der Waals surface area contributed by atoms with E-state index in [9.17, 15) is 4.79 Å². The van der Waals surface area contributed by atoms with Crippen LogP contribution in [-0.2, 0) is 0 Å². The van der Waals surface area contributed by atoms with Gasteiger partial charge in [-0.3, -0.25) is 4.79 Å². The van der Waals surface area contributed by atoms with E-state index in [1.165, 1.54) is 4.90 Å². The van der Waals surface area contributed by atoms with Crippen LogP contribution in [0.25, 0.3) is 0 Å². The standard InChI is InChI=1S/C19H14BrNOS/c20-15-6-10-17(11-7-15)23-18-12-8-16(9-13-18)21-19(22)14-4-2-1-3-5-14/h1-13H,(H,21,22). The summed E-state index contributed by atoms with van der Waals surface area (Å²) in [6.45, 7) is 0. The maximum Gasteiger partial charge on any atom is 0.255 e. The minimum absolute atomic E-state index is 0.0982. The number of halogens is 1. The number of rotatable bonds is 4. The van der Waals surface area contributed by atoms with Gasteiger partial charge in [-0.05, 0) is 60.7 Å². The fraction of sp³-hybridized carbons (Fsp3) is 0. The summed E-state index contributed by atoms with van der Waals surface area (Å²) in [4.78, 5) is 14.4. The lowest BCUT2D eigenvalue weighted by molar-refractivity contribution is 0.102. The van der Waals surface area contributed by atoms with Crippen molar-refractivity contribution >= 4 is 39.3 Å². The first kappa shape index (κ1) is 15.8. The van der Waals surface area contributed by atoms with Gasteiger partial charge in [0.05, 0.1) is 0 Å². The van der Waals surface area contributed by atoms with Gasteiger partial charge in [-0.15, -0.1) is 0 Å². The molecule has 0 atom stereocenters. The number of benzene rings is 3. The monoisotopic (exact) mass is 383 g/mol. The molecule has 0 aliphatic carbocycles. The van der Waals surface area contributed by atoms with Crippen LogP contribution in [0.2, 0.25) is 0 Å². The Bertz CT molecular complexity index is 786. The molecule has 4 heteroatoms. The summed E-state index contributed by atoms with van der Waals surface area (Å²) in [7, 11) is 0. The second-order valence-electron chi connectivity index (χ2n) is 4.90. The third-order valence-corrected chi connectivity index (χ3v) is 4.74. The van der Waals surface area contributed by atoms with E-state index in [2.05, 4.69) is 33.4 Å². The number of hydrogen-bond acceptors (Lipinski definition) is 2. The molecule has 2 nitrogen and oxygen atoms in total. The normalized spacial score (nSPS) is 10.3. The Morgan fingerprint density at radius 1 is 0.783 bits per heavy atom. The lowest BCUT2D eigenvalue weighted by atomic mass is 10.2. The highest BCUT2D eigenvalue weighted by Gasteiger charge is 2.05. The van der Waals surface area contributed by atoms with Crippen LogP contribution >= 0.6 is 27.7 Å². The molecule has 1 N–H and O–H groups in total. The second kappa shape index (κ2) is 7.49. The zero-order valence-corrected chi connectivity index (χ0v) is 14.6. The minimum Gasteiger partial charge on any atom is -0.322 e. The van der Waals surface area contributed by atoms with Crippen molar-refractivity contribution < 1.29 is 4.79 Å². The number of nitrogens with one attached hydrogen (secondary N) is 1. The summed E-state index contributed by atoms with van der Waals surface area (Å²) in [5.41, 5.74) is 1.44. The maximum absolute atomic E-state index is 12.1. The number of carbonyl (C=O) groups is 1. The van der Waals surface area contributed by atoms with E-state index in [1.54, 1.807) is 23.9 Å². The van der Waals surface area contributed by atoms with Crippen molar-refractivity contribution in [3.63, 3.8) is 0 Å². The van der Waals surface area contributed by atoms with E-state index in [1.807, 2.05) is 54.6 Å². The quantitative estimate of drug-likeness (QED) is 0.611. The van der Waals surface area contributed by atoms with E-state index in [0.29, 0.717) is 5.56 Å². The molecule has 3 aromatic carbocycles. The van der Waals surface area contributed by atoms with Crippen LogP contribution in [0.1, 0.15) is 10.4 Å². The van der Waals surface area contributed by atoms with Gasteiger partial charge in [0.1, 0.15) is 0 Å². The predicted octanol–water partition coefficient (Wildman–Crippen LogP) is 5.85. The van der Waals surface area contributed by atoms with Gasteiger partial charge in [0.25, 0.3) is 5.91 Å². The molecule has 0 spiro atoms. The molecule has 0 saturated heterocycles. The molecule has 114 valence electrons. The summed E-state index contributed by atoms with van der Waals surface area (Å²) >= 11 is 5.12. The molecule has 3 rings (SSSR count). The van der Waals surface area contributed by atoms with Crippen molar-refractivity contribution in [3.05, 3.63) is 88.9 Å². The Hall–Kier alpha value is -2.04. The summed E-state index contributed by atoms with van der Waals surface area (Å²) in [6.07, 6.45) is 0. The van der Waals surface area contributed by atoms with Gasteiger partial charge < -0.3 is 5.32 Å². The lowest BCUT2D eigenvalue weighted by Gasteiger charge is -2.07. The van der Waals surface area contributed by atoms with Crippen molar-refractivity contribution in [2.45, 2.75) is 9.79 Å². The van der Waals surface area contributed by atoms with Crippen molar-refractivity contribution in [1.29, 1.82) is 0 Å². The van der Waals surface area contributed by atoms with E-state index in [0.717, 1.165) is 15.1 Å². The molecule has 1 amide bonds. The number of hydrogen-bond donors (Lipinski definition) is 1. The van der Waals surface area contributed by atoms with Crippen LogP contribution in [0.4, 0.5) is 5.69 Å². The summed E-state index contributed by atoms with van der Waals surface area (Å²) in [5.74, 6) is -0.0982. The number of anilines is 1. The van der Waals surface area contributed by atoms with E-state index < -0.39 is 0 Å². The first-order chi connectivity index (χ1) is 11.2. The second-order valence-corrected chi connectivity index (χ2v) is 6.96. The van der Waals surface area contributed by atoms with Gasteiger partial charge >= 0.3 is 0 Å². The van der Waals surface area contributed by atoms with Crippen LogP contribution in [0.5, 0.6) is 0 Å². The Balaban J connectivity index is 1.65. The molecule has 0 radical (unpaired) electrons. The summed E-state index contributed by atoms with van der Waals surface area (Å²) in [6, 6.07) is 25.2. The topological polar surface area (TPSA) is 29.1 Å². The molecule has 0 fully saturated rings. The molecule has 0 aliphatic heterocycles. The average Bonchev–Trinajstić information content (AvgIpc) is 2.59. The summed E-state index contributed by atoms with van der Waals surface area (Å²) < 4.78 is 1.07. The van der Waals surface area contributed by atoms with Gasteiger partial charge in [-0.25, -0.2) is 0 Å². The molecular formula is C19H14BrNOS. The molecule has 0 bridgehead atoms. The van der Waals surface area contributed by atoms with Gasteiger partial charge in [-0.1, -0.05) is 45.9 Å². The highest BCUT2D eigenvalue weighted by molar-refractivity contribution is 9.10. The molecule has 0 unspecified atom stereocenters. The SMILES string of the molecule is O=C(Nc1ccc(Sc2ccc(Br)cc2)cc1)c1ccccc1. The first-order valence-corrected chi connectivity index (χ1v) is 8.71. The van der Waals surface area contributed by atoms with Crippen LogP contribution in [0, 0.1) is 0 Å². The predicted molar refractivity (Wildman–Crippen MR) is 99.1 cm³/mol. The highest BCUT2D eigenvalue weighted by Crippen LogP contribution is 2.29. The number of amides is 1. The van der Waals surface area contributed by atoms with Crippen LogP contribution in [-0.4, -0.2) is 5.91 Å². The number of carbonyl (C=O) groups excluding carboxylic acids is 1. The Labute approximate surface area is 148 Å². The lowest BCUT2D eigenvalue weighted by Crippen LogP contribution is -2.11. The fourth-order valence-corrected chi connectivity index (χ4v) is 3.12. The van der Waals surface area contributed by atoms with E-state index in [-0.39, 0.29) is 5.91 Å². The van der Waals surface area contributed by atoms with Crippen molar-refractivity contribution in [3.8, 4) is 0 Å². The maximum atomic E-state index is 12.1. The third kappa shape index (κ3) is 4.47. The van der Waals surface area contributed by atoms with Gasteiger partial charge in [0, 0.05) is 25.5 Å². The highest BCUT2D eigenvalue weighted by atomic mass is 79.9. The molecule has 0 aliphatic rings. The summed E-state index contributed by atoms with van der Waals surface area (Å²) in [5, 5.41) is 2.90. The Kier molecular flexibility index (Phi) is 5.16. The van der Waals surface area contributed by atoms with Crippen LogP contribution < -0.4 is 5.32 Å². The smallest absolute Gasteiger partial charge is 0.255 e. The third-order valence-electron chi connectivity index (χ3n) is 3.20. The average molecular weight is 384 g/mol. The van der Waals surface area contributed by atoms with Gasteiger partial charge in [-0.2, -0.15) is 0 Å². The molecular weight excluding hydrogens is 370 g/mol. The zero-order chi connectivity index (χ0) is 16.1. The molecule has 23 heavy (non-hydrogen) atoms.